The van der Waals surface area contributed by atoms with Gasteiger partial charge in [-0.05, 0) is 70.4 Å². The summed E-state index contributed by atoms with van der Waals surface area (Å²) in [6.45, 7) is 2.28. The summed E-state index contributed by atoms with van der Waals surface area (Å²) in [6, 6.07) is 16.3. The first-order valence-electron chi connectivity index (χ1n) is 10.3. The molecule has 1 aliphatic heterocycles. The van der Waals surface area contributed by atoms with Crippen molar-refractivity contribution in [2.24, 2.45) is 0 Å². The molecule has 0 radical (unpaired) electrons. The molecular formula is C25H19BrClFN2O4. The molecule has 0 spiro atoms. The quantitative estimate of drug-likeness (QED) is 0.306. The third-order valence-corrected chi connectivity index (χ3v) is 6.40. The zero-order valence-electron chi connectivity index (χ0n) is 18.0. The maximum atomic E-state index is 13.2. The third-order valence-electron chi connectivity index (χ3n) is 4.96. The lowest BCUT2D eigenvalue weighted by molar-refractivity contribution is -0.117. The van der Waals surface area contributed by atoms with Gasteiger partial charge in [0.2, 0.25) is 0 Å². The van der Waals surface area contributed by atoms with Gasteiger partial charge in [-0.25, -0.2) is 9.40 Å². The van der Waals surface area contributed by atoms with E-state index < -0.39 is 11.8 Å². The number of benzene rings is 3. The molecule has 174 valence electrons. The number of hydrogen-bond donors (Lipinski definition) is 1. The van der Waals surface area contributed by atoms with Crippen LogP contribution in [-0.2, 0) is 16.2 Å². The van der Waals surface area contributed by atoms with Crippen LogP contribution in [0, 0.1) is 5.82 Å². The minimum Gasteiger partial charge on any atom is -0.490 e. The van der Waals surface area contributed by atoms with Crippen LogP contribution in [0.15, 0.2) is 70.7 Å². The van der Waals surface area contributed by atoms with Crippen LogP contribution in [-0.4, -0.2) is 18.4 Å². The van der Waals surface area contributed by atoms with Crippen LogP contribution in [0.1, 0.15) is 18.1 Å². The van der Waals surface area contributed by atoms with Crippen LogP contribution in [0.2, 0.25) is 5.02 Å². The molecule has 1 N–H and O–H groups in total. The zero-order valence-corrected chi connectivity index (χ0v) is 20.3. The second-order valence-corrected chi connectivity index (χ2v) is 8.42. The van der Waals surface area contributed by atoms with Crippen molar-refractivity contribution in [3.63, 3.8) is 0 Å². The Morgan fingerprint density at radius 3 is 2.47 bits per heavy atom. The van der Waals surface area contributed by atoms with Gasteiger partial charge in [0, 0.05) is 4.47 Å². The second kappa shape index (κ2) is 10.3. The van der Waals surface area contributed by atoms with E-state index in [1.54, 1.807) is 42.5 Å². The standard InChI is InChI=1S/C25H19BrClFN2O4/c1-2-33-20-13-16(12-19-24(31)29-30(25(19)32)18-6-4-3-5-7-18)21(26)22(27)23(20)34-14-15-8-10-17(28)11-9-15/h3-13H,2,14H2,1H3,(H,29,31)/b19-12-. The van der Waals surface area contributed by atoms with Crippen LogP contribution in [0.25, 0.3) is 6.08 Å². The van der Waals surface area contributed by atoms with Crippen molar-refractivity contribution in [3.05, 3.63) is 92.7 Å². The lowest BCUT2D eigenvalue weighted by atomic mass is 10.1. The molecule has 0 aliphatic carbocycles. The van der Waals surface area contributed by atoms with Gasteiger partial charge in [-0.3, -0.25) is 15.0 Å². The number of hydrazine groups is 1. The molecule has 1 fully saturated rings. The Kier molecular flexibility index (Phi) is 7.19. The van der Waals surface area contributed by atoms with E-state index in [1.807, 2.05) is 13.0 Å². The Morgan fingerprint density at radius 2 is 1.79 bits per heavy atom. The molecule has 1 aliphatic rings. The van der Waals surface area contributed by atoms with Gasteiger partial charge in [-0.2, -0.15) is 0 Å². The highest BCUT2D eigenvalue weighted by Gasteiger charge is 2.34. The molecule has 4 rings (SSSR count). The number of rotatable bonds is 7. The molecule has 0 atom stereocenters. The van der Waals surface area contributed by atoms with Crippen LogP contribution >= 0.6 is 27.5 Å². The molecule has 0 unspecified atom stereocenters. The fraction of sp³-hybridized carbons (Fsp3) is 0.120. The van der Waals surface area contributed by atoms with Crippen molar-refractivity contribution in [3.8, 4) is 11.5 Å². The maximum absolute atomic E-state index is 13.2. The van der Waals surface area contributed by atoms with Gasteiger partial charge in [0.1, 0.15) is 23.0 Å². The van der Waals surface area contributed by atoms with E-state index >= 15 is 0 Å². The van der Waals surface area contributed by atoms with Crippen molar-refractivity contribution in [1.82, 2.24) is 5.43 Å². The number of carbonyl (C=O) groups is 2. The maximum Gasteiger partial charge on any atom is 0.282 e. The fourth-order valence-corrected chi connectivity index (χ4v) is 3.98. The highest BCUT2D eigenvalue weighted by molar-refractivity contribution is 9.10. The Labute approximate surface area is 209 Å². The van der Waals surface area contributed by atoms with Crippen LogP contribution < -0.4 is 19.9 Å². The third kappa shape index (κ3) is 4.93. The van der Waals surface area contributed by atoms with Gasteiger partial charge in [0.15, 0.2) is 11.5 Å². The molecule has 6 nitrogen and oxygen atoms in total. The lowest BCUT2D eigenvalue weighted by Gasteiger charge is -2.16. The molecule has 34 heavy (non-hydrogen) atoms. The molecule has 0 aromatic heterocycles. The topological polar surface area (TPSA) is 67.9 Å². The van der Waals surface area contributed by atoms with Gasteiger partial charge < -0.3 is 9.47 Å². The summed E-state index contributed by atoms with van der Waals surface area (Å²) in [5.41, 5.74) is 4.27. The predicted octanol–water partition coefficient (Wildman–Crippen LogP) is 5.68. The van der Waals surface area contributed by atoms with Crippen molar-refractivity contribution >= 4 is 51.1 Å². The first-order chi connectivity index (χ1) is 16.4. The van der Waals surface area contributed by atoms with Crippen LogP contribution in [0.4, 0.5) is 10.1 Å². The molecule has 3 aromatic carbocycles. The highest BCUT2D eigenvalue weighted by Crippen LogP contribution is 2.44. The van der Waals surface area contributed by atoms with E-state index in [0.717, 1.165) is 5.56 Å². The summed E-state index contributed by atoms with van der Waals surface area (Å²) in [5.74, 6) is -0.737. The molecular weight excluding hydrogens is 527 g/mol. The average Bonchev–Trinajstić information content (AvgIpc) is 3.12. The van der Waals surface area contributed by atoms with E-state index in [4.69, 9.17) is 21.1 Å². The first-order valence-corrected chi connectivity index (χ1v) is 11.5. The Hall–Kier alpha value is -3.36. The average molecular weight is 546 g/mol. The van der Waals surface area contributed by atoms with E-state index in [1.165, 1.54) is 23.2 Å². The van der Waals surface area contributed by atoms with Crippen molar-refractivity contribution in [1.29, 1.82) is 0 Å². The predicted molar refractivity (Wildman–Crippen MR) is 131 cm³/mol. The molecule has 0 saturated carbocycles. The fourth-order valence-electron chi connectivity index (χ4n) is 3.31. The number of hydrogen-bond acceptors (Lipinski definition) is 4. The smallest absolute Gasteiger partial charge is 0.282 e. The van der Waals surface area contributed by atoms with Gasteiger partial charge >= 0.3 is 0 Å². The monoisotopic (exact) mass is 544 g/mol. The summed E-state index contributed by atoms with van der Waals surface area (Å²) < 4.78 is 25.2. The van der Waals surface area contributed by atoms with Gasteiger partial charge in [0.25, 0.3) is 11.8 Å². The van der Waals surface area contributed by atoms with Crippen molar-refractivity contribution < 1.29 is 23.5 Å². The summed E-state index contributed by atoms with van der Waals surface area (Å²) >= 11 is 10.0. The number of nitrogens with one attached hydrogen (secondary N) is 1. The Bertz CT molecular complexity index is 1270. The van der Waals surface area contributed by atoms with Crippen LogP contribution in [0.3, 0.4) is 0 Å². The van der Waals surface area contributed by atoms with Gasteiger partial charge in [-0.15, -0.1) is 0 Å². The van der Waals surface area contributed by atoms with Crippen molar-refractivity contribution in [2.45, 2.75) is 13.5 Å². The van der Waals surface area contributed by atoms with Crippen LogP contribution in [0.5, 0.6) is 11.5 Å². The number of para-hydroxylation sites is 1. The zero-order chi connectivity index (χ0) is 24.2. The molecule has 3 aromatic rings. The molecule has 2 amide bonds. The molecule has 0 bridgehead atoms. The number of ether oxygens (including phenoxy) is 2. The van der Waals surface area contributed by atoms with E-state index in [2.05, 4.69) is 21.4 Å². The van der Waals surface area contributed by atoms with Gasteiger partial charge in [0.05, 0.1) is 12.3 Å². The summed E-state index contributed by atoms with van der Waals surface area (Å²) in [6.07, 6.45) is 1.45. The molecule has 1 heterocycles. The Balaban J connectivity index is 1.66. The number of nitrogens with zero attached hydrogens (tertiary/aromatic N) is 1. The lowest BCUT2D eigenvalue weighted by Crippen LogP contribution is -2.35. The Morgan fingerprint density at radius 1 is 1.09 bits per heavy atom. The van der Waals surface area contributed by atoms with Crippen molar-refractivity contribution in [2.75, 3.05) is 11.6 Å². The van der Waals surface area contributed by atoms with E-state index in [9.17, 15) is 14.0 Å². The first kappa shape index (κ1) is 23.8. The summed E-state index contributed by atoms with van der Waals surface area (Å²) in [4.78, 5) is 25.5. The number of amides is 2. The largest absolute Gasteiger partial charge is 0.490 e. The molecule has 9 heteroatoms. The van der Waals surface area contributed by atoms with E-state index in [0.29, 0.717) is 28.1 Å². The summed E-state index contributed by atoms with van der Waals surface area (Å²) in [5, 5.41) is 1.40. The minimum atomic E-state index is -0.536. The number of carbonyl (C=O) groups excluding carboxylic acids is 2. The minimum absolute atomic E-state index is 0.0527. The normalized spacial score (nSPS) is 14.5. The van der Waals surface area contributed by atoms with Gasteiger partial charge in [-0.1, -0.05) is 41.9 Å². The van der Waals surface area contributed by atoms with E-state index in [-0.39, 0.29) is 28.8 Å². The summed E-state index contributed by atoms with van der Waals surface area (Å²) in [7, 11) is 0. The number of anilines is 1. The number of halogens is 3. The highest BCUT2D eigenvalue weighted by atomic mass is 79.9. The SMILES string of the molecule is CCOc1cc(/C=C2/C(=O)NN(c3ccccc3)C2=O)c(Br)c(Cl)c1OCc1ccc(F)cc1. The second-order valence-electron chi connectivity index (χ2n) is 7.24. The molecule has 1 saturated heterocycles.